The molecule has 0 saturated carbocycles. The van der Waals surface area contributed by atoms with Gasteiger partial charge in [-0.15, -0.1) is 0 Å². The first-order valence-corrected chi connectivity index (χ1v) is 11.9. The van der Waals surface area contributed by atoms with Gasteiger partial charge in [0.05, 0.1) is 39.7 Å². The van der Waals surface area contributed by atoms with Crippen LogP contribution in [0.4, 0.5) is 0 Å². The van der Waals surface area contributed by atoms with Crippen molar-refractivity contribution < 1.29 is 23.4 Å². The molecule has 1 amide bonds. The third-order valence-electron chi connectivity index (χ3n) is 6.23. The van der Waals surface area contributed by atoms with Crippen molar-refractivity contribution in [1.29, 1.82) is 0 Å². The smallest absolute Gasteiger partial charge is 0.220 e. The van der Waals surface area contributed by atoms with Gasteiger partial charge in [0.2, 0.25) is 5.91 Å². The normalized spacial score (nSPS) is 14.9. The second-order valence-electron chi connectivity index (χ2n) is 8.57. The zero-order valence-electron chi connectivity index (χ0n) is 20.6. The van der Waals surface area contributed by atoms with E-state index >= 15 is 0 Å². The second kappa shape index (κ2) is 11.9. The van der Waals surface area contributed by atoms with Crippen LogP contribution in [0.5, 0.6) is 11.5 Å². The van der Waals surface area contributed by atoms with E-state index in [-0.39, 0.29) is 11.9 Å². The number of ether oxygens (including phenoxy) is 3. The molecule has 1 fully saturated rings. The van der Waals surface area contributed by atoms with Crippen LogP contribution in [0.1, 0.15) is 29.5 Å². The fourth-order valence-electron chi connectivity index (χ4n) is 4.20. The number of methoxy groups -OCH3 is 2. The Hall–Kier alpha value is -3.36. The molecule has 2 heterocycles. The van der Waals surface area contributed by atoms with Crippen LogP contribution in [-0.2, 0) is 16.0 Å². The van der Waals surface area contributed by atoms with Crippen LogP contribution in [0, 0.1) is 6.92 Å². The molecule has 1 aliphatic rings. The molecule has 35 heavy (non-hydrogen) atoms. The van der Waals surface area contributed by atoms with Crippen molar-refractivity contribution in [3.63, 3.8) is 0 Å². The maximum Gasteiger partial charge on any atom is 0.220 e. The predicted molar refractivity (Wildman–Crippen MR) is 133 cm³/mol. The second-order valence-corrected chi connectivity index (χ2v) is 8.57. The number of amides is 1. The molecule has 8 nitrogen and oxygen atoms in total. The average Bonchev–Trinajstić information content (AvgIpc) is 3.37. The summed E-state index contributed by atoms with van der Waals surface area (Å²) in [5.41, 5.74) is 3.22. The molecule has 1 N–H and O–H groups in total. The highest BCUT2D eigenvalue weighted by molar-refractivity contribution is 5.76. The molecular formula is C27H33N3O5. The van der Waals surface area contributed by atoms with E-state index in [9.17, 15) is 4.79 Å². The molecule has 3 aromatic rings. The Balaban J connectivity index is 1.37. The minimum Gasteiger partial charge on any atom is -0.493 e. The molecule has 1 saturated heterocycles. The predicted octanol–water partition coefficient (Wildman–Crippen LogP) is 3.79. The highest BCUT2D eigenvalue weighted by atomic mass is 16.5. The third-order valence-corrected chi connectivity index (χ3v) is 6.23. The Morgan fingerprint density at radius 1 is 1.09 bits per heavy atom. The largest absolute Gasteiger partial charge is 0.493 e. The van der Waals surface area contributed by atoms with E-state index < -0.39 is 0 Å². The quantitative estimate of drug-likeness (QED) is 0.473. The van der Waals surface area contributed by atoms with E-state index in [0.717, 1.165) is 24.2 Å². The van der Waals surface area contributed by atoms with E-state index in [4.69, 9.17) is 18.6 Å². The highest BCUT2D eigenvalue weighted by Crippen LogP contribution is 2.32. The van der Waals surface area contributed by atoms with Gasteiger partial charge in [-0.05, 0) is 24.6 Å². The number of aromatic nitrogens is 1. The molecule has 1 atom stereocenters. The third kappa shape index (κ3) is 6.41. The van der Waals surface area contributed by atoms with Gasteiger partial charge in [-0.1, -0.05) is 35.9 Å². The van der Waals surface area contributed by atoms with E-state index in [1.807, 2.05) is 49.4 Å². The van der Waals surface area contributed by atoms with Crippen molar-refractivity contribution in [2.75, 3.05) is 47.1 Å². The first-order chi connectivity index (χ1) is 17.1. The number of benzene rings is 2. The maximum atomic E-state index is 12.7. The van der Waals surface area contributed by atoms with Gasteiger partial charge in [-0.3, -0.25) is 9.69 Å². The molecule has 0 spiro atoms. The van der Waals surface area contributed by atoms with Crippen LogP contribution in [-0.4, -0.2) is 62.9 Å². The number of nitrogens with zero attached hydrogens (tertiary/aromatic N) is 2. The molecule has 2 aromatic carbocycles. The minimum absolute atomic E-state index is 0.00228. The van der Waals surface area contributed by atoms with E-state index in [0.29, 0.717) is 55.8 Å². The topological polar surface area (TPSA) is 86.1 Å². The van der Waals surface area contributed by atoms with Gasteiger partial charge in [0.15, 0.2) is 23.1 Å². The van der Waals surface area contributed by atoms with E-state index in [1.54, 1.807) is 20.4 Å². The van der Waals surface area contributed by atoms with E-state index in [1.165, 1.54) is 5.56 Å². The van der Waals surface area contributed by atoms with Gasteiger partial charge in [-0.25, -0.2) is 4.98 Å². The summed E-state index contributed by atoms with van der Waals surface area (Å²) in [7, 11) is 3.24. The molecule has 8 heteroatoms. The number of aryl methyl sites for hydroxylation is 2. The fraction of sp³-hybridized carbons (Fsp3) is 0.407. The van der Waals surface area contributed by atoms with Gasteiger partial charge in [0.25, 0.3) is 0 Å². The Bertz CT molecular complexity index is 1110. The zero-order chi connectivity index (χ0) is 24.6. The number of hydrogen-bond donors (Lipinski definition) is 1. The first-order valence-electron chi connectivity index (χ1n) is 11.9. The number of morpholine rings is 1. The lowest BCUT2D eigenvalue weighted by atomic mass is 10.0. The molecule has 0 aliphatic carbocycles. The summed E-state index contributed by atoms with van der Waals surface area (Å²) in [6.07, 6.45) is 2.45. The van der Waals surface area contributed by atoms with E-state index in [2.05, 4.69) is 15.2 Å². The Labute approximate surface area is 206 Å². The first kappa shape index (κ1) is 24.8. The molecule has 0 radical (unpaired) electrons. The molecule has 186 valence electrons. The van der Waals surface area contributed by atoms with Crippen LogP contribution < -0.4 is 14.8 Å². The lowest BCUT2D eigenvalue weighted by Crippen LogP contribution is -2.43. The van der Waals surface area contributed by atoms with Gasteiger partial charge < -0.3 is 23.9 Å². The van der Waals surface area contributed by atoms with Crippen molar-refractivity contribution in [2.45, 2.75) is 25.8 Å². The zero-order valence-corrected chi connectivity index (χ0v) is 20.6. The van der Waals surface area contributed by atoms with Crippen LogP contribution in [0.15, 0.2) is 53.1 Å². The summed E-state index contributed by atoms with van der Waals surface area (Å²) in [5.74, 6) is 2.57. The number of carbonyl (C=O) groups excluding carboxylic acids is 1. The Kier molecular flexibility index (Phi) is 8.39. The minimum atomic E-state index is -0.0428. The van der Waals surface area contributed by atoms with Gasteiger partial charge >= 0.3 is 0 Å². The molecule has 1 aromatic heterocycles. The Morgan fingerprint density at radius 2 is 1.83 bits per heavy atom. The fourth-order valence-corrected chi connectivity index (χ4v) is 4.20. The lowest BCUT2D eigenvalue weighted by molar-refractivity contribution is -0.121. The Morgan fingerprint density at radius 3 is 2.54 bits per heavy atom. The summed E-state index contributed by atoms with van der Waals surface area (Å²) in [6.45, 7) is 5.47. The lowest BCUT2D eigenvalue weighted by Gasteiger charge is -2.35. The molecule has 1 unspecified atom stereocenters. The molecule has 1 aliphatic heterocycles. The standard InChI is InChI=1S/C27H33N3O5/c1-19-4-6-20(7-5-19)25-18-29-27(35-25)11-10-26(31)28-17-22(30-12-14-34-15-13-30)21-8-9-23(32-2)24(16-21)33-3/h4-9,16,18,22H,10-15,17H2,1-3H3,(H,28,31). The molecule has 4 rings (SSSR count). The van der Waals surface area contributed by atoms with Crippen molar-refractivity contribution in [2.24, 2.45) is 0 Å². The summed E-state index contributed by atoms with van der Waals surface area (Å²) in [6, 6.07) is 14.0. The van der Waals surface area contributed by atoms with Gasteiger partial charge in [0.1, 0.15) is 0 Å². The monoisotopic (exact) mass is 479 g/mol. The highest BCUT2D eigenvalue weighted by Gasteiger charge is 2.24. The van der Waals surface area contributed by atoms with Crippen LogP contribution >= 0.6 is 0 Å². The van der Waals surface area contributed by atoms with Crippen molar-refractivity contribution in [3.8, 4) is 22.8 Å². The van der Waals surface area contributed by atoms with Crippen LogP contribution in [0.3, 0.4) is 0 Å². The summed E-state index contributed by atoms with van der Waals surface area (Å²) < 4.78 is 22.3. The van der Waals surface area contributed by atoms with Crippen LogP contribution in [0.25, 0.3) is 11.3 Å². The summed E-state index contributed by atoms with van der Waals surface area (Å²) >= 11 is 0. The number of hydrogen-bond acceptors (Lipinski definition) is 7. The average molecular weight is 480 g/mol. The number of nitrogens with one attached hydrogen (secondary N) is 1. The van der Waals surface area contributed by atoms with Crippen molar-refractivity contribution in [3.05, 3.63) is 65.7 Å². The molecule has 0 bridgehead atoms. The summed E-state index contributed by atoms with van der Waals surface area (Å²) in [5, 5.41) is 3.10. The SMILES string of the molecule is COc1ccc(C(CNC(=O)CCc2ncc(-c3ccc(C)cc3)o2)N2CCOCC2)cc1OC. The number of rotatable bonds is 10. The maximum absolute atomic E-state index is 12.7. The molecular weight excluding hydrogens is 446 g/mol. The van der Waals surface area contributed by atoms with Crippen molar-refractivity contribution >= 4 is 5.91 Å². The summed E-state index contributed by atoms with van der Waals surface area (Å²) in [4.78, 5) is 19.4. The van der Waals surface area contributed by atoms with Gasteiger partial charge in [-0.2, -0.15) is 0 Å². The van der Waals surface area contributed by atoms with Crippen LogP contribution in [0.2, 0.25) is 0 Å². The number of carbonyl (C=O) groups is 1. The number of oxazole rings is 1. The van der Waals surface area contributed by atoms with Gasteiger partial charge in [0, 0.05) is 38.0 Å². The van der Waals surface area contributed by atoms with Crippen molar-refractivity contribution in [1.82, 2.24) is 15.2 Å².